The molecule has 0 fully saturated rings. The molecule has 2 N–H and O–H groups in total. The molecule has 4 rings (SSSR count). The SMILES string of the molecule is CC#CC(CC(=O)O)c1ccc(O[C@@H](Cc2cnccn2)c2ccc3cc[nH]c3c2C)cc1. The fourth-order valence-corrected chi connectivity index (χ4v) is 4.03. The molecule has 0 saturated carbocycles. The molecule has 6 heteroatoms. The summed E-state index contributed by atoms with van der Waals surface area (Å²) in [5.41, 5.74) is 4.98. The van der Waals surface area contributed by atoms with Crippen LogP contribution in [0, 0.1) is 18.8 Å². The largest absolute Gasteiger partial charge is 0.485 e. The number of ether oxygens (including phenoxy) is 1. The van der Waals surface area contributed by atoms with Gasteiger partial charge in [-0.05, 0) is 54.1 Å². The number of benzene rings is 2. The quantitative estimate of drug-likeness (QED) is 0.368. The number of rotatable bonds is 8. The number of aliphatic carboxylic acids is 1. The fraction of sp³-hybridized carbons (Fsp3) is 0.222. The van der Waals surface area contributed by atoms with Crippen LogP contribution in [0.25, 0.3) is 10.9 Å². The van der Waals surface area contributed by atoms with E-state index in [2.05, 4.69) is 51.9 Å². The van der Waals surface area contributed by atoms with Gasteiger partial charge in [-0.25, -0.2) is 0 Å². The number of fused-ring (bicyclic) bond motifs is 1. The first-order chi connectivity index (χ1) is 16.0. The predicted molar refractivity (Wildman–Crippen MR) is 127 cm³/mol. The van der Waals surface area contributed by atoms with Gasteiger partial charge in [-0.15, -0.1) is 5.92 Å². The third-order valence-electron chi connectivity index (χ3n) is 5.65. The normalized spacial score (nSPS) is 12.5. The lowest BCUT2D eigenvalue weighted by molar-refractivity contribution is -0.137. The van der Waals surface area contributed by atoms with E-state index in [9.17, 15) is 9.90 Å². The van der Waals surface area contributed by atoms with Crippen molar-refractivity contribution >= 4 is 16.9 Å². The zero-order valence-electron chi connectivity index (χ0n) is 18.6. The Hall–Kier alpha value is -4.11. The van der Waals surface area contributed by atoms with Gasteiger partial charge >= 0.3 is 5.97 Å². The average molecular weight is 440 g/mol. The Labute approximate surface area is 192 Å². The minimum absolute atomic E-state index is 0.0360. The highest BCUT2D eigenvalue weighted by molar-refractivity contribution is 5.83. The summed E-state index contributed by atoms with van der Waals surface area (Å²) in [6, 6.07) is 13.7. The molecule has 0 saturated heterocycles. The summed E-state index contributed by atoms with van der Waals surface area (Å²) in [5, 5.41) is 10.3. The molecule has 0 amide bonds. The van der Waals surface area contributed by atoms with Crippen molar-refractivity contribution in [2.24, 2.45) is 0 Å². The number of aryl methyl sites for hydroxylation is 1. The molecule has 4 aromatic rings. The number of carboxylic acids is 1. The lowest BCUT2D eigenvalue weighted by Crippen LogP contribution is -2.14. The molecule has 2 aromatic carbocycles. The van der Waals surface area contributed by atoms with Crippen LogP contribution in [0.3, 0.4) is 0 Å². The van der Waals surface area contributed by atoms with Crippen LogP contribution in [-0.2, 0) is 11.2 Å². The Morgan fingerprint density at radius 1 is 1.15 bits per heavy atom. The van der Waals surface area contributed by atoms with Crippen LogP contribution >= 0.6 is 0 Å². The number of nitrogens with zero attached hydrogens (tertiary/aromatic N) is 2. The van der Waals surface area contributed by atoms with Gasteiger partial charge in [-0.2, -0.15) is 0 Å². The van der Waals surface area contributed by atoms with Crippen molar-refractivity contribution in [1.82, 2.24) is 15.0 Å². The Bertz CT molecular complexity index is 1300. The Balaban J connectivity index is 1.64. The standard InChI is InChI=1S/C27H25N3O3/c1-3-4-21(15-26(31)32)19-5-8-23(9-6-19)33-25(16-22-17-28-13-14-29-22)24-10-7-20-11-12-30-27(20)18(24)2/h5-14,17,21,25,30H,15-16H2,1-2H3,(H,31,32)/t21?,25-/m0/s1. The van der Waals surface area contributed by atoms with Crippen molar-refractivity contribution in [3.05, 3.63) is 89.6 Å². The molecule has 0 aliphatic rings. The van der Waals surface area contributed by atoms with Crippen LogP contribution in [0.5, 0.6) is 5.75 Å². The van der Waals surface area contributed by atoms with E-state index in [0.717, 1.165) is 33.3 Å². The highest BCUT2D eigenvalue weighted by atomic mass is 16.5. The van der Waals surface area contributed by atoms with E-state index in [0.29, 0.717) is 12.2 Å². The fourth-order valence-electron chi connectivity index (χ4n) is 4.03. The number of carboxylic acid groups (broad SMARTS) is 1. The summed E-state index contributed by atoms with van der Waals surface area (Å²) in [5.74, 6) is 5.27. The van der Waals surface area contributed by atoms with Gasteiger partial charge in [0, 0.05) is 36.7 Å². The second-order valence-corrected chi connectivity index (χ2v) is 7.84. The predicted octanol–water partition coefficient (Wildman–Crippen LogP) is 5.21. The van der Waals surface area contributed by atoms with Crippen LogP contribution < -0.4 is 4.74 Å². The summed E-state index contributed by atoms with van der Waals surface area (Å²) in [6.07, 6.45) is 7.27. The number of aromatic nitrogens is 3. The Morgan fingerprint density at radius 2 is 1.97 bits per heavy atom. The van der Waals surface area contributed by atoms with Gasteiger partial charge in [-0.3, -0.25) is 14.8 Å². The topological polar surface area (TPSA) is 88.1 Å². The lowest BCUT2D eigenvalue weighted by Gasteiger charge is -2.22. The van der Waals surface area contributed by atoms with Gasteiger partial charge in [0.25, 0.3) is 0 Å². The first kappa shape index (κ1) is 22.1. The number of hydrogen-bond donors (Lipinski definition) is 2. The summed E-state index contributed by atoms with van der Waals surface area (Å²) < 4.78 is 6.45. The average Bonchev–Trinajstić information content (AvgIpc) is 3.30. The van der Waals surface area contributed by atoms with Crippen LogP contribution in [-0.4, -0.2) is 26.0 Å². The monoisotopic (exact) mass is 439 g/mol. The maximum absolute atomic E-state index is 11.2. The molecule has 2 heterocycles. The van der Waals surface area contributed by atoms with E-state index < -0.39 is 5.97 Å². The summed E-state index contributed by atoms with van der Waals surface area (Å²) >= 11 is 0. The van der Waals surface area contributed by atoms with Crippen molar-refractivity contribution in [1.29, 1.82) is 0 Å². The van der Waals surface area contributed by atoms with Crippen molar-refractivity contribution in [3.63, 3.8) is 0 Å². The second-order valence-electron chi connectivity index (χ2n) is 7.84. The van der Waals surface area contributed by atoms with Gasteiger partial charge in [0.1, 0.15) is 11.9 Å². The van der Waals surface area contributed by atoms with Gasteiger partial charge in [0.2, 0.25) is 0 Å². The lowest BCUT2D eigenvalue weighted by atomic mass is 9.96. The van der Waals surface area contributed by atoms with E-state index in [-0.39, 0.29) is 18.4 Å². The maximum Gasteiger partial charge on any atom is 0.304 e. The molecule has 2 aromatic heterocycles. The number of aromatic amines is 1. The van der Waals surface area contributed by atoms with E-state index in [1.807, 2.05) is 30.5 Å². The van der Waals surface area contributed by atoms with E-state index in [1.54, 1.807) is 25.5 Å². The van der Waals surface area contributed by atoms with Gasteiger partial charge in [0.15, 0.2) is 0 Å². The number of hydrogen-bond acceptors (Lipinski definition) is 4. The maximum atomic E-state index is 11.2. The molecule has 0 bridgehead atoms. The van der Waals surface area contributed by atoms with Crippen LogP contribution in [0.15, 0.2) is 67.3 Å². The molecule has 166 valence electrons. The minimum Gasteiger partial charge on any atom is -0.485 e. The highest BCUT2D eigenvalue weighted by Crippen LogP contribution is 2.31. The second kappa shape index (κ2) is 10.0. The molecule has 0 spiro atoms. The van der Waals surface area contributed by atoms with E-state index in [1.165, 1.54) is 0 Å². The molecule has 0 aliphatic heterocycles. The molecular weight excluding hydrogens is 414 g/mol. The van der Waals surface area contributed by atoms with Crippen LogP contribution in [0.2, 0.25) is 0 Å². The van der Waals surface area contributed by atoms with Crippen LogP contribution in [0.1, 0.15) is 47.8 Å². The number of carbonyl (C=O) groups is 1. The van der Waals surface area contributed by atoms with Gasteiger partial charge in [0.05, 0.1) is 18.0 Å². The Kier molecular flexibility index (Phi) is 6.70. The zero-order valence-corrected chi connectivity index (χ0v) is 18.6. The third kappa shape index (κ3) is 5.21. The van der Waals surface area contributed by atoms with Gasteiger partial charge < -0.3 is 14.8 Å². The van der Waals surface area contributed by atoms with E-state index in [4.69, 9.17) is 4.74 Å². The van der Waals surface area contributed by atoms with Crippen molar-refractivity contribution < 1.29 is 14.6 Å². The summed E-state index contributed by atoms with van der Waals surface area (Å²) in [7, 11) is 0. The van der Waals surface area contributed by atoms with E-state index >= 15 is 0 Å². The van der Waals surface area contributed by atoms with Crippen molar-refractivity contribution in [2.45, 2.75) is 38.7 Å². The molecule has 1 unspecified atom stereocenters. The van der Waals surface area contributed by atoms with Crippen molar-refractivity contribution in [3.8, 4) is 17.6 Å². The zero-order chi connectivity index (χ0) is 23.2. The third-order valence-corrected chi connectivity index (χ3v) is 5.65. The summed E-state index contributed by atoms with van der Waals surface area (Å²) in [6.45, 7) is 3.80. The Morgan fingerprint density at radius 3 is 2.67 bits per heavy atom. The first-order valence-electron chi connectivity index (χ1n) is 10.8. The molecule has 33 heavy (non-hydrogen) atoms. The molecule has 0 radical (unpaired) electrons. The smallest absolute Gasteiger partial charge is 0.304 e. The molecule has 0 aliphatic carbocycles. The molecular formula is C27H25N3O3. The highest BCUT2D eigenvalue weighted by Gasteiger charge is 2.20. The van der Waals surface area contributed by atoms with Crippen molar-refractivity contribution in [2.75, 3.05) is 0 Å². The number of H-pyrrole nitrogens is 1. The van der Waals surface area contributed by atoms with Gasteiger partial charge in [-0.1, -0.05) is 30.2 Å². The summed E-state index contributed by atoms with van der Waals surface area (Å²) in [4.78, 5) is 23.1. The van der Waals surface area contributed by atoms with Crippen LogP contribution in [0.4, 0.5) is 0 Å². The first-order valence-corrected chi connectivity index (χ1v) is 10.8. The molecule has 6 nitrogen and oxygen atoms in total. The minimum atomic E-state index is -0.873. The number of nitrogens with one attached hydrogen (secondary N) is 1. The molecule has 2 atom stereocenters.